The molecule has 2 nitrogen and oxygen atoms in total. The Kier molecular flexibility index (Phi) is 1.29. The van der Waals surface area contributed by atoms with Crippen LogP contribution in [0.1, 0.15) is 11.1 Å². The van der Waals surface area contributed by atoms with Gasteiger partial charge in [0.15, 0.2) is 9.84 Å². The van der Waals surface area contributed by atoms with Gasteiger partial charge in [0.25, 0.3) is 0 Å². The van der Waals surface area contributed by atoms with E-state index in [1.807, 2.05) is 24.3 Å². The molecule has 11 heavy (non-hydrogen) atoms. The van der Waals surface area contributed by atoms with Crippen LogP contribution in [0.25, 0.3) is 0 Å². The molecule has 0 fully saturated rings. The topological polar surface area (TPSA) is 34.1 Å². The summed E-state index contributed by atoms with van der Waals surface area (Å²) in [4.78, 5) is 0. The second-order valence-electron chi connectivity index (χ2n) is 2.80. The first kappa shape index (κ1) is 6.85. The van der Waals surface area contributed by atoms with Crippen molar-refractivity contribution >= 4 is 9.84 Å². The van der Waals surface area contributed by atoms with E-state index in [4.69, 9.17) is 0 Å². The second-order valence-corrected chi connectivity index (χ2v) is 4.87. The summed E-state index contributed by atoms with van der Waals surface area (Å²) in [7, 11) is -2.81. The molecule has 0 spiro atoms. The average molecular weight is 168 g/mol. The number of fused-ring (bicyclic) bond motifs is 1. The van der Waals surface area contributed by atoms with E-state index in [1.165, 1.54) is 0 Å². The van der Waals surface area contributed by atoms with Gasteiger partial charge in [0, 0.05) is 0 Å². The third kappa shape index (κ3) is 1.16. The summed E-state index contributed by atoms with van der Waals surface area (Å²) >= 11 is 0. The molecule has 1 aliphatic heterocycles. The molecule has 0 unspecified atom stereocenters. The predicted octanol–water partition coefficient (Wildman–Crippen LogP) is 1.12. The van der Waals surface area contributed by atoms with Gasteiger partial charge in [0.2, 0.25) is 0 Å². The largest absolute Gasteiger partial charge is 0.228 e. The molecule has 0 N–H and O–H groups in total. The molecule has 3 heteroatoms. The third-order valence-electron chi connectivity index (χ3n) is 1.87. The third-order valence-corrected chi connectivity index (χ3v) is 3.37. The summed E-state index contributed by atoms with van der Waals surface area (Å²) in [5.41, 5.74) is 1.93. The SMILES string of the molecule is O=S1(=O)Cc2ccccc2C1. The van der Waals surface area contributed by atoms with Crippen LogP contribution in [0.3, 0.4) is 0 Å². The zero-order valence-electron chi connectivity index (χ0n) is 5.95. The van der Waals surface area contributed by atoms with E-state index >= 15 is 0 Å². The lowest BCUT2D eigenvalue weighted by molar-refractivity contribution is 0.598. The molecule has 1 aromatic carbocycles. The molecule has 0 saturated heterocycles. The Bertz CT molecular complexity index is 348. The summed E-state index contributed by atoms with van der Waals surface area (Å²) in [6.07, 6.45) is 0. The van der Waals surface area contributed by atoms with Crippen molar-refractivity contribution in [3.63, 3.8) is 0 Å². The fourth-order valence-corrected chi connectivity index (χ4v) is 2.98. The Morgan fingerprint density at radius 2 is 1.45 bits per heavy atom. The van der Waals surface area contributed by atoms with Gasteiger partial charge >= 0.3 is 0 Å². The summed E-state index contributed by atoms with van der Waals surface area (Å²) in [6, 6.07) is 7.50. The normalized spacial score (nSPS) is 19.6. The Balaban J connectivity index is 2.57. The van der Waals surface area contributed by atoms with Crippen LogP contribution in [-0.2, 0) is 21.3 Å². The fourth-order valence-electron chi connectivity index (χ4n) is 1.36. The van der Waals surface area contributed by atoms with Crippen molar-refractivity contribution < 1.29 is 8.42 Å². The highest BCUT2D eigenvalue weighted by Gasteiger charge is 2.23. The van der Waals surface area contributed by atoms with Crippen molar-refractivity contribution in [1.29, 1.82) is 0 Å². The van der Waals surface area contributed by atoms with Crippen LogP contribution in [-0.4, -0.2) is 8.42 Å². The summed E-state index contributed by atoms with van der Waals surface area (Å²) in [6.45, 7) is 0. The lowest BCUT2D eigenvalue weighted by atomic mass is 10.1. The standard InChI is InChI=1S/C8H8O2S/c9-11(10)5-7-3-1-2-4-8(7)6-11/h1-4H,5-6H2. The Morgan fingerprint density at radius 1 is 1.00 bits per heavy atom. The lowest BCUT2D eigenvalue weighted by Crippen LogP contribution is -1.95. The summed E-state index contributed by atoms with van der Waals surface area (Å²) in [5.74, 6) is 0.451. The van der Waals surface area contributed by atoms with Crippen LogP contribution < -0.4 is 0 Å². The van der Waals surface area contributed by atoms with Gasteiger partial charge < -0.3 is 0 Å². The molecule has 0 saturated carbocycles. The first-order chi connectivity index (χ1) is 5.17. The van der Waals surface area contributed by atoms with Crippen molar-refractivity contribution in [2.75, 3.05) is 0 Å². The summed E-state index contributed by atoms with van der Waals surface area (Å²) < 4.78 is 22.2. The Hall–Kier alpha value is -0.830. The lowest BCUT2D eigenvalue weighted by Gasteiger charge is -1.90. The highest BCUT2D eigenvalue weighted by atomic mass is 32.2. The quantitative estimate of drug-likeness (QED) is 0.581. The number of sulfone groups is 1. The molecule has 0 bridgehead atoms. The second kappa shape index (κ2) is 2.08. The summed E-state index contributed by atoms with van der Waals surface area (Å²) in [5, 5.41) is 0. The van der Waals surface area contributed by atoms with Gasteiger partial charge in [0.05, 0.1) is 11.5 Å². The molecule has 0 aromatic heterocycles. The van der Waals surface area contributed by atoms with Crippen molar-refractivity contribution in [3.05, 3.63) is 35.4 Å². The van der Waals surface area contributed by atoms with Crippen LogP contribution in [0.4, 0.5) is 0 Å². The highest BCUT2D eigenvalue weighted by Crippen LogP contribution is 2.23. The van der Waals surface area contributed by atoms with Gasteiger partial charge in [-0.2, -0.15) is 0 Å². The van der Waals surface area contributed by atoms with Crippen molar-refractivity contribution in [3.8, 4) is 0 Å². The monoisotopic (exact) mass is 168 g/mol. The van der Waals surface area contributed by atoms with Gasteiger partial charge in [0.1, 0.15) is 0 Å². The van der Waals surface area contributed by atoms with Gasteiger partial charge in [-0.15, -0.1) is 0 Å². The van der Waals surface area contributed by atoms with Gasteiger partial charge in [-0.05, 0) is 11.1 Å². The van der Waals surface area contributed by atoms with Gasteiger partial charge in [-0.25, -0.2) is 8.42 Å². The fraction of sp³-hybridized carbons (Fsp3) is 0.250. The minimum Gasteiger partial charge on any atom is -0.228 e. The smallest absolute Gasteiger partial charge is 0.158 e. The van der Waals surface area contributed by atoms with Crippen LogP contribution in [0, 0.1) is 0 Å². The maximum absolute atomic E-state index is 11.1. The first-order valence-corrected chi connectivity index (χ1v) is 5.27. The molecule has 0 amide bonds. The van der Waals surface area contributed by atoms with Crippen LogP contribution in [0.2, 0.25) is 0 Å². The molecule has 1 aromatic rings. The van der Waals surface area contributed by atoms with Crippen molar-refractivity contribution in [2.45, 2.75) is 11.5 Å². The van der Waals surface area contributed by atoms with Gasteiger partial charge in [-0.1, -0.05) is 24.3 Å². The maximum Gasteiger partial charge on any atom is 0.158 e. The van der Waals surface area contributed by atoms with Crippen LogP contribution >= 0.6 is 0 Å². The van der Waals surface area contributed by atoms with Crippen molar-refractivity contribution in [1.82, 2.24) is 0 Å². The number of hydrogen-bond acceptors (Lipinski definition) is 2. The van der Waals surface area contributed by atoms with E-state index in [-0.39, 0.29) is 11.5 Å². The van der Waals surface area contributed by atoms with E-state index < -0.39 is 9.84 Å². The Labute approximate surface area is 65.8 Å². The zero-order valence-corrected chi connectivity index (χ0v) is 6.76. The maximum atomic E-state index is 11.1. The van der Waals surface area contributed by atoms with E-state index in [0.29, 0.717) is 0 Å². The van der Waals surface area contributed by atoms with E-state index in [1.54, 1.807) is 0 Å². The number of hydrogen-bond donors (Lipinski definition) is 0. The molecule has 1 aliphatic rings. The minimum atomic E-state index is -2.81. The average Bonchev–Trinajstić information content (AvgIpc) is 2.21. The molecule has 2 rings (SSSR count). The van der Waals surface area contributed by atoms with Gasteiger partial charge in [-0.3, -0.25) is 0 Å². The van der Waals surface area contributed by atoms with Crippen molar-refractivity contribution in [2.24, 2.45) is 0 Å². The van der Waals surface area contributed by atoms with E-state index in [2.05, 4.69) is 0 Å². The first-order valence-electron chi connectivity index (χ1n) is 3.45. The number of benzene rings is 1. The predicted molar refractivity (Wildman–Crippen MR) is 42.8 cm³/mol. The van der Waals surface area contributed by atoms with Crippen LogP contribution in [0.5, 0.6) is 0 Å². The van der Waals surface area contributed by atoms with E-state index in [0.717, 1.165) is 11.1 Å². The molecule has 58 valence electrons. The highest BCUT2D eigenvalue weighted by molar-refractivity contribution is 7.90. The molecular formula is C8H8O2S. The molecule has 0 atom stereocenters. The molecule has 0 radical (unpaired) electrons. The Morgan fingerprint density at radius 3 is 1.91 bits per heavy atom. The molecule has 0 aliphatic carbocycles. The van der Waals surface area contributed by atoms with E-state index in [9.17, 15) is 8.42 Å². The molecular weight excluding hydrogens is 160 g/mol. The van der Waals surface area contributed by atoms with Crippen LogP contribution in [0.15, 0.2) is 24.3 Å². The minimum absolute atomic E-state index is 0.225. The zero-order chi connectivity index (χ0) is 7.90. The number of rotatable bonds is 0. The molecule has 1 heterocycles.